The number of likely N-dealkylation sites (tertiary alicyclic amines) is 1. The molecule has 26 heavy (non-hydrogen) atoms. The van der Waals surface area contributed by atoms with Gasteiger partial charge in [0.1, 0.15) is 5.60 Å². The second-order valence-electron chi connectivity index (χ2n) is 7.16. The third-order valence-electron chi connectivity index (χ3n) is 4.67. The molecule has 0 radical (unpaired) electrons. The van der Waals surface area contributed by atoms with E-state index in [9.17, 15) is 14.4 Å². The van der Waals surface area contributed by atoms with Crippen LogP contribution in [0.5, 0.6) is 0 Å². The Morgan fingerprint density at radius 1 is 1.31 bits per heavy atom. The molecule has 0 saturated carbocycles. The Morgan fingerprint density at radius 2 is 2.00 bits per heavy atom. The van der Waals surface area contributed by atoms with Gasteiger partial charge >= 0.3 is 0 Å². The minimum atomic E-state index is -0.892. The van der Waals surface area contributed by atoms with E-state index < -0.39 is 11.3 Å². The van der Waals surface area contributed by atoms with Crippen LogP contribution in [0.3, 0.4) is 0 Å². The predicted molar refractivity (Wildman–Crippen MR) is 96.4 cm³/mol. The van der Waals surface area contributed by atoms with Crippen LogP contribution < -0.4 is 10.6 Å². The molecule has 2 aliphatic rings. The fourth-order valence-corrected chi connectivity index (χ4v) is 3.37. The molecule has 2 aliphatic heterocycles. The quantitative estimate of drug-likeness (QED) is 0.806. The minimum Gasteiger partial charge on any atom is -0.338 e. The van der Waals surface area contributed by atoms with E-state index in [0.29, 0.717) is 30.8 Å². The Labute approximate surface area is 152 Å². The van der Waals surface area contributed by atoms with Gasteiger partial charge in [-0.25, -0.2) is 0 Å². The lowest BCUT2D eigenvalue weighted by Gasteiger charge is -2.40. The Balaban J connectivity index is 1.71. The number of ether oxygens (including phenoxy) is 1. The van der Waals surface area contributed by atoms with Crippen LogP contribution in [0, 0.1) is 0 Å². The highest BCUT2D eigenvalue weighted by atomic mass is 16.6. The second kappa shape index (κ2) is 6.57. The molecule has 2 saturated heterocycles. The van der Waals surface area contributed by atoms with E-state index in [1.54, 1.807) is 43.0 Å². The van der Waals surface area contributed by atoms with Gasteiger partial charge in [-0.3, -0.25) is 14.4 Å². The summed E-state index contributed by atoms with van der Waals surface area (Å²) in [5.74, 6) is -0.596. The first kappa shape index (κ1) is 18.1. The fraction of sp³-hybridized carbons (Fsp3) is 0.421. The standard InChI is InChI=1S/C19H23N3O4/c1-4-15(23)20-14-8-6-13(7-9-14)16(24)22-11-5-10-19(12-22)21-17(25)18(2,3)26-19/h4,6-9H,1,5,10-12H2,2-3H3,(H,20,23)(H,21,25). The maximum Gasteiger partial charge on any atom is 0.254 e. The number of rotatable bonds is 3. The van der Waals surface area contributed by atoms with Crippen molar-refractivity contribution in [1.82, 2.24) is 10.2 Å². The van der Waals surface area contributed by atoms with Crippen LogP contribution in [-0.2, 0) is 14.3 Å². The molecule has 1 spiro atoms. The van der Waals surface area contributed by atoms with E-state index in [4.69, 9.17) is 4.74 Å². The summed E-state index contributed by atoms with van der Waals surface area (Å²) in [4.78, 5) is 37.9. The monoisotopic (exact) mass is 357 g/mol. The van der Waals surface area contributed by atoms with Crippen molar-refractivity contribution in [3.8, 4) is 0 Å². The van der Waals surface area contributed by atoms with Crippen LogP contribution in [0.1, 0.15) is 37.0 Å². The average Bonchev–Trinajstić information content (AvgIpc) is 2.82. The van der Waals surface area contributed by atoms with E-state index in [1.807, 2.05) is 0 Å². The molecule has 1 unspecified atom stereocenters. The zero-order valence-corrected chi connectivity index (χ0v) is 15.0. The molecule has 138 valence electrons. The predicted octanol–water partition coefficient (Wildman–Crippen LogP) is 1.67. The molecule has 1 aromatic rings. The van der Waals surface area contributed by atoms with Gasteiger partial charge < -0.3 is 20.3 Å². The SMILES string of the molecule is C=CC(=O)Nc1ccc(C(=O)N2CCCC3(C2)NC(=O)C(C)(C)O3)cc1. The molecule has 2 fully saturated rings. The number of nitrogens with one attached hydrogen (secondary N) is 2. The fourth-order valence-electron chi connectivity index (χ4n) is 3.37. The Bertz CT molecular complexity index is 757. The van der Waals surface area contributed by atoms with E-state index in [0.717, 1.165) is 6.42 Å². The summed E-state index contributed by atoms with van der Waals surface area (Å²) in [6.07, 6.45) is 2.61. The lowest BCUT2D eigenvalue weighted by atomic mass is 10.0. The van der Waals surface area contributed by atoms with Gasteiger partial charge in [-0.1, -0.05) is 6.58 Å². The van der Waals surface area contributed by atoms with Crippen molar-refractivity contribution < 1.29 is 19.1 Å². The molecule has 7 nitrogen and oxygen atoms in total. The van der Waals surface area contributed by atoms with E-state index in [-0.39, 0.29) is 17.7 Å². The Hall–Kier alpha value is -2.67. The summed E-state index contributed by atoms with van der Waals surface area (Å²) < 4.78 is 5.97. The van der Waals surface area contributed by atoms with Crippen molar-refractivity contribution in [3.05, 3.63) is 42.5 Å². The molecule has 2 heterocycles. The van der Waals surface area contributed by atoms with Gasteiger partial charge in [-0.15, -0.1) is 0 Å². The molecule has 3 rings (SSSR count). The molecule has 0 bridgehead atoms. The largest absolute Gasteiger partial charge is 0.338 e. The maximum absolute atomic E-state index is 12.8. The first-order valence-corrected chi connectivity index (χ1v) is 8.60. The summed E-state index contributed by atoms with van der Waals surface area (Å²) in [5, 5.41) is 5.56. The minimum absolute atomic E-state index is 0.131. The van der Waals surface area contributed by atoms with E-state index >= 15 is 0 Å². The normalized spacial score (nSPS) is 24.2. The summed E-state index contributed by atoms with van der Waals surface area (Å²) in [5.41, 5.74) is -0.597. The van der Waals surface area contributed by atoms with Gasteiger partial charge in [0.2, 0.25) is 5.91 Å². The first-order chi connectivity index (χ1) is 12.2. The van der Waals surface area contributed by atoms with E-state index in [2.05, 4.69) is 17.2 Å². The van der Waals surface area contributed by atoms with Crippen molar-refractivity contribution in [2.24, 2.45) is 0 Å². The van der Waals surface area contributed by atoms with Gasteiger partial charge in [0.25, 0.3) is 11.8 Å². The topological polar surface area (TPSA) is 87.7 Å². The molecule has 3 amide bonds. The van der Waals surface area contributed by atoms with E-state index in [1.165, 1.54) is 6.08 Å². The van der Waals surface area contributed by atoms with Crippen molar-refractivity contribution in [2.75, 3.05) is 18.4 Å². The molecule has 2 N–H and O–H groups in total. The zero-order valence-electron chi connectivity index (χ0n) is 15.0. The summed E-state index contributed by atoms with van der Waals surface area (Å²) in [6, 6.07) is 6.68. The highest BCUT2D eigenvalue weighted by molar-refractivity contribution is 5.99. The molecule has 1 aromatic carbocycles. The lowest BCUT2D eigenvalue weighted by molar-refractivity contribution is -0.138. The van der Waals surface area contributed by atoms with Gasteiger partial charge in [0.05, 0.1) is 6.54 Å². The molecule has 0 aliphatic carbocycles. The molecule has 0 aromatic heterocycles. The smallest absolute Gasteiger partial charge is 0.254 e. The van der Waals surface area contributed by atoms with Crippen molar-refractivity contribution >= 4 is 23.4 Å². The van der Waals surface area contributed by atoms with Gasteiger partial charge in [-0.2, -0.15) is 0 Å². The number of anilines is 1. The Morgan fingerprint density at radius 3 is 2.58 bits per heavy atom. The van der Waals surface area contributed by atoms with Gasteiger partial charge in [0.15, 0.2) is 5.72 Å². The van der Waals surface area contributed by atoms with Crippen LogP contribution in [0.4, 0.5) is 5.69 Å². The van der Waals surface area contributed by atoms with Crippen LogP contribution in [0.15, 0.2) is 36.9 Å². The number of piperidine rings is 1. The van der Waals surface area contributed by atoms with Crippen LogP contribution in [0.25, 0.3) is 0 Å². The third kappa shape index (κ3) is 3.48. The third-order valence-corrected chi connectivity index (χ3v) is 4.67. The average molecular weight is 357 g/mol. The van der Waals surface area contributed by atoms with Gasteiger partial charge in [0, 0.05) is 17.8 Å². The number of hydrogen-bond donors (Lipinski definition) is 2. The lowest BCUT2D eigenvalue weighted by Crippen LogP contribution is -2.56. The molecule has 7 heteroatoms. The molecule has 1 atom stereocenters. The number of carbonyl (C=O) groups is 3. The number of nitrogens with zero attached hydrogens (tertiary/aromatic N) is 1. The number of carbonyl (C=O) groups excluding carboxylic acids is 3. The van der Waals surface area contributed by atoms with Crippen LogP contribution in [-0.4, -0.2) is 47.0 Å². The molecular weight excluding hydrogens is 334 g/mol. The van der Waals surface area contributed by atoms with Crippen LogP contribution in [0.2, 0.25) is 0 Å². The highest BCUT2D eigenvalue weighted by Crippen LogP contribution is 2.34. The number of amides is 3. The van der Waals surface area contributed by atoms with Crippen molar-refractivity contribution in [3.63, 3.8) is 0 Å². The van der Waals surface area contributed by atoms with Gasteiger partial charge in [-0.05, 0) is 57.0 Å². The number of hydrogen-bond acceptors (Lipinski definition) is 4. The molecular formula is C19H23N3O4. The summed E-state index contributed by atoms with van der Waals surface area (Å²) in [7, 11) is 0. The Kier molecular flexibility index (Phi) is 4.58. The van der Waals surface area contributed by atoms with Crippen molar-refractivity contribution in [1.29, 1.82) is 0 Å². The zero-order chi connectivity index (χ0) is 18.9. The second-order valence-corrected chi connectivity index (χ2v) is 7.16. The highest BCUT2D eigenvalue weighted by Gasteiger charge is 2.52. The summed E-state index contributed by atoms with van der Waals surface area (Å²) >= 11 is 0. The maximum atomic E-state index is 12.8. The summed E-state index contributed by atoms with van der Waals surface area (Å²) in [6.45, 7) is 7.78. The van der Waals surface area contributed by atoms with Crippen molar-refractivity contribution in [2.45, 2.75) is 38.0 Å². The first-order valence-electron chi connectivity index (χ1n) is 8.60. The van der Waals surface area contributed by atoms with Crippen LogP contribution >= 0.6 is 0 Å². The number of benzene rings is 1.